The summed E-state index contributed by atoms with van der Waals surface area (Å²) < 4.78 is 0.835. The molecule has 0 amide bonds. The topological polar surface area (TPSA) is 32.3 Å². The van der Waals surface area contributed by atoms with Crippen LogP contribution in [0.1, 0.15) is 31.9 Å². The van der Waals surface area contributed by atoms with Gasteiger partial charge in [-0.1, -0.05) is 18.5 Å². The summed E-state index contributed by atoms with van der Waals surface area (Å²) in [7, 11) is 0. The van der Waals surface area contributed by atoms with Gasteiger partial charge in [0, 0.05) is 12.6 Å². The number of hydrogen-bond donors (Lipinski definition) is 2. The van der Waals surface area contributed by atoms with Crippen molar-refractivity contribution in [1.82, 2.24) is 5.32 Å². The van der Waals surface area contributed by atoms with Gasteiger partial charge in [-0.2, -0.15) is 0 Å². The van der Waals surface area contributed by atoms with Crippen molar-refractivity contribution in [3.63, 3.8) is 0 Å². The Morgan fingerprint density at radius 2 is 2.27 bits per heavy atom. The van der Waals surface area contributed by atoms with E-state index in [0.717, 1.165) is 17.3 Å². The third kappa shape index (κ3) is 4.51. The summed E-state index contributed by atoms with van der Waals surface area (Å²) in [5, 5.41) is 14.3. The van der Waals surface area contributed by atoms with E-state index >= 15 is 0 Å². The van der Waals surface area contributed by atoms with Crippen LogP contribution in [0.5, 0.6) is 0 Å². The van der Waals surface area contributed by atoms with Gasteiger partial charge in [-0.25, -0.2) is 0 Å². The van der Waals surface area contributed by atoms with E-state index in [1.807, 2.05) is 6.07 Å². The highest BCUT2D eigenvalue weighted by Gasteiger charge is 2.08. The van der Waals surface area contributed by atoms with Crippen LogP contribution in [0.25, 0.3) is 0 Å². The lowest BCUT2D eigenvalue weighted by molar-refractivity contribution is 0.258. The third-order valence-electron chi connectivity index (χ3n) is 2.48. The molecule has 0 bridgehead atoms. The largest absolute Gasteiger partial charge is 0.396 e. The van der Waals surface area contributed by atoms with Gasteiger partial charge >= 0.3 is 0 Å². The molecule has 0 saturated carbocycles. The smallest absolute Gasteiger partial charge is 0.0931 e. The van der Waals surface area contributed by atoms with Crippen LogP contribution < -0.4 is 5.32 Å². The first kappa shape index (κ1) is 13.0. The summed E-state index contributed by atoms with van der Waals surface area (Å²) in [5.41, 5.74) is 1.24. The highest BCUT2D eigenvalue weighted by molar-refractivity contribution is 7.14. The maximum Gasteiger partial charge on any atom is 0.0931 e. The highest BCUT2D eigenvalue weighted by atomic mass is 35.5. The summed E-state index contributed by atoms with van der Waals surface area (Å²) in [4.78, 5) is 0. The zero-order chi connectivity index (χ0) is 11.3. The average molecular weight is 248 g/mol. The third-order valence-corrected chi connectivity index (χ3v) is 3.59. The minimum atomic E-state index is 0.265. The summed E-state index contributed by atoms with van der Waals surface area (Å²) in [6.07, 6.45) is 0.851. The van der Waals surface area contributed by atoms with Gasteiger partial charge in [0.25, 0.3) is 0 Å². The van der Waals surface area contributed by atoms with E-state index in [1.165, 1.54) is 5.56 Å². The summed E-state index contributed by atoms with van der Waals surface area (Å²) in [5.74, 6) is 0.506. The number of nitrogens with one attached hydrogen (secondary N) is 1. The van der Waals surface area contributed by atoms with Crippen LogP contribution in [0, 0.1) is 5.92 Å². The fourth-order valence-electron chi connectivity index (χ4n) is 1.37. The molecule has 15 heavy (non-hydrogen) atoms. The first-order chi connectivity index (χ1) is 7.13. The lowest BCUT2D eigenvalue weighted by Crippen LogP contribution is -2.24. The molecule has 2 atom stereocenters. The van der Waals surface area contributed by atoms with Gasteiger partial charge in [0.1, 0.15) is 0 Å². The lowest BCUT2D eigenvalue weighted by Gasteiger charge is -2.16. The van der Waals surface area contributed by atoms with Crippen molar-refractivity contribution in [3.8, 4) is 0 Å². The van der Waals surface area contributed by atoms with Gasteiger partial charge in [0.2, 0.25) is 0 Å². The predicted octanol–water partition coefficient (Wildman–Crippen LogP) is 3.07. The van der Waals surface area contributed by atoms with E-state index < -0.39 is 0 Å². The fourth-order valence-corrected chi connectivity index (χ4v) is 2.35. The predicted molar refractivity (Wildman–Crippen MR) is 66.6 cm³/mol. The van der Waals surface area contributed by atoms with Gasteiger partial charge in [-0.15, -0.1) is 11.3 Å². The normalized spacial score (nSPS) is 15.2. The van der Waals surface area contributed by atoms with Crippen LogP contribution in [0.4, 0.5) is 0 Å². The second-order valence-corrected chi connectivity index (χ2v) is 5.47. The van der Waals surface area contributed by atoms with Gasteiger partial charge in [0.15, 0.2) is 0 Å². The number of hydrogen-bond acceptors (Lipinski definition) is 3. The fraction of sp³-hybridized carbons (Fsp3) is 0.636. The Hall–Kier alpha value is -0.0900. The zero-order valence-corrected chi connectivity index (χ0v) is 10.7. The summed E-state index contributed by atoms with van der Waals surface area (Å²) in [6, 6.07) is 2.33. The molecular weight excluding hydrogens is 230 g/mol. The quantitative estimate of drug-likeness (QED) is 0.810. The molecule has 2 unspecified atom stereocenters. The van der Waals surface area contributed by atoms with Crippen molar-refractivity contribution in [2.24, 2.45) is 5.92 Å². The van der Waals surface area contributed by atoms with E-state index in [1.54, 1.807) is 11.3 Å². The Morgan fingerprint density at radius 1 is 1.53 bits per heavy atom. The van der Waals surface area contributed by atoms with Gasteiger partial charge in [-0.05, 0) is 42.8 Å². The lowest BCUT2D eigenvalue weighted by atomic mass is 10.1. The van der Waals surface area contributed by atoms with Gasteiger partial charge < -0.3 is 10.4 Å². The molecule has 0 fully saturated rings. The maximum absolute atomic E-state index is 8.78. The Labute approximate surface area is 100 Å². The minimum absolute atomic E-state index is 0.265. The molecule has 0 saturated heterocycles. The summed E-state index contributed by atoms with van der Waals surface area (Å²) >= 11 is 7.44. The Balaban J connectivity index is 2.33. The van der Waals surface area contributed by atoms with Crippen LogP contribution in [-0.4, -0.2) is 18.3 Å². The van der Waals surface area contributed by atoms with E-state index in [-0.39, 0.29) is 6.61 Å². The highest BCUT2D eigenvalue weighted by Crippen LogP contribution is 2.24. The average Bonchev–Trinajstić information content (AvgIpc) is 2.62. The molecule has 0 aliphatic carbocycles. The molecule has 4 heteroatoms. The molecular formula is C11H18ClNOS. The molecule has 0 aliphatic heterocycles. The maximum atomic E-state index is 8.78. The molecule has 2 N–H and O–H groups in total. The molecule has 0 aliphatic rings. The summed E-state index contributed by atoms with van der Waals surface area (Å²) in [6.45, 7) is 5.46. The van der Waals surface area contributed by atoms with Gasteiger partial charge in [-0.3, -0.25) is 0 Å². The van der Waals surface area contributed by atoms with E-state index in [4.69, 9.17) is 16.7 Å². The van der Waals surface area contributed by atoms with Gasteiger partial charge in [0.05, 0.1) is 4.34 Å². The molecule has 0 aromatic carbocycles. The number of rotatable bonds is 6. The molecule has 2 nitrogen and oxygen atoms in total. The molecule has 1 heterocycles. The van der Waals surface area contributed by atoms with Crippen LogP contribution in [0.2, 0.25) is 4.34 Å². The van der Waals surface area contributed by atoms with Crippen molar-refractivity contribution in [3.05, 3.63) is 21.3 Å². The number of aliphatic hydroxyl groups is 1. The number of aliphatic hydroxyl groups excluding tert-OH is 1. The van der Waals surface area contributed by atoms with Crippen LogP contribution in [0.15, 0.2) is 11.4 Å². The van der Waals surface area contributed by atoms with E-state index in [9.17, 15) is 0 Å². The minimum Gasteiger partial charge on any atom is -0.396 e. The standard InChI is InChI=1S/C11H18ClNOS/c1-8(3-4-14)6-13-9(2)10-5-11(12)15-7-10/h5,7-9,13-14H,3-4,6H2,1-2H3. The molecule has 1 aromatic heterocycles. The van der Waals surface area contributed by atoms with E-state index in [0.29, 0.717) is 12.0 Å². The monoisotopic (exact) mass is 247 g/mol. The van der Waals surface area contributed by atoms with Crippen molar-refractivity contribution < 1.29 is 5.11 Å². The molecule has 0 radical (unpaired) electrons. The van der Waals surface area contributed by atoms with Crippen LogP contribution in [-0.2, 0) is 0 Å². The second-order valence-electron chi connectivity index (χ2n) is 3.93. The Kier molecular flexibility index (Phi) is 5.61. The van der Waals surface area contributed by atoms with Crippen molar-refractivity contribution in [2.45, 2.75) is 26.3 Å². The Bertz CT molecular complexity index is 290. The zero-order valence-electron chi connectivity index (χ0n) is 9.16. The van der Waals surface area contributed by atoms with Crippen LogP contribution in [0.3, 0.4) is 0 Å². The number of halogens is 1. The first-order valence-corrected chi connectivity index (χ1v) is 6.47. The first-order valence-electron chi connectivity index (χ1n) is 5.21. The SMILES string of the molecule is CC(CCO)CNC(C)c1csc(Cl)c1. The van der Waals surface area contributed by atoms with E-state index in [2.05, 4.69) is 24.5 Å². The number of thiophene rings is 1. The van der Waals surface area contributed by atoms with Crippen molar-refractivity contribution >= 4 is 22.9 Å². The Morgan fingerprint density at radius 3 is 2.80 bits per heavy atom. The molecule has 1 rings (SSSR count). The molecule has 0 spiro atoms. The van der Waals surface area contributed by atoms with Crippen LogP contribution >= 0.6 is 22.9 Å². The van der Waals surface area contributed by atoms with Crippen molar-refractivity contribution in [2.75, 3.05) is 13.2 Å². The molecule has 1 aromatic rings. The molecule has 86 valence electrons. The second kappa shape index (κ2) is 6.48. The van der Waals surface area contributed by atoms with Crippen molar-refractivity contribution in [1.29, 1.82) is 0 Å².